The number of nitrogens with zero attached hydrogens (tertiary/aromatic N) is 2. The van der Waals surface area contributed by atoms with Gasteiger partial charge in [0.2, 0.25) is 0 Å². The van der Waals surface area contributed by atoms with Crippen molar-refractivity contribution in [3.63, 3.8) is 0 Å². The molecule has 1 aliphatic heterocycles. The zero-order valence-corrected chi connectivity index (χ0v) is 5.26. The Balaban J connectivity index is 2.36. The zero-order chi connectivity index (χ0) is 5.98. The Morgan fingerprint density at radius 3 is 2.62 bits per heavy atom. The first-order valence-corrected chi connectivity index (χ1v) is 2.67. The van der Waals surface area contributed by atoms with Crippen LogP contribution in [0.5, 0.6) is 0 Å². The Bertz CT molecular complexity index is 97.8. The van der Waals surface area contributed by atoms with E-state index >= 15 is 0 Å². The van der Waals surface area contributed by atoms with Gasteiger partial charge < -0.3 is 0 Å². The van der Waals surface area contributed by atoms with E-state index in [0.29, 0.717) is 0 Å². The first-order valence-electron chi connectivity index (χ1n) is 2.67. The van der Waals surface area contributed by atoms with Crippen LogP contribution in [-0.4, -0.2) is 30.8 Å². The van der Waals surface area contributed by atoms with Gasteiger partial charge in [0.05, 0.1) is 0 Å². The van der Waals surface area contributed by atoms with Gasteiger partial charge in [-0.05, 0) is 6.08 Å². The lowest BCUT2D eigenvalue weighted by atomic mass is 10.7. The van der Waals surface area contributed by atoms with E-state index in [1.807, 2.05) is 30.4 Å². The standard InChI is InChI=1S/C5H11N3/c1-7(2)8-5-3-4-6-8/h3,5-6H,4H2,1-2H3. The molecule has 0 atom stereocenters. The summed E-state index contributed by atoms with van der Waals surface area (Å²) in [6.07, 6.45) is 4.07. The molecule has 8 heavy (non-hydrogen) atoms. The van der Waals surface area contributed by atoms with E-state index in [2.05, 4.69) is 11.5 Å². The quantitative estimate of drug-likeness (QED) is 0.508. The van der Waals surface area contributed by atoms with E-state index in [-0.39, 0.29) is 0 Å². The maximum Gasteiger partial charge on any atom is 0.0363 e. The SMILES string of the molecule is CN(C)N1C=CCN1. The van der Waals surface area contributed by atoms with Crippen molar-refractivity contribution in [3.8, 4) is 0 Å². The van der Waals surface area contributed by atoms with Crippen LogP contribution in [0, 0.1) is 0 Å². The molecule has 0 aromatic carbocycles. The van der Waals surface area contributed by atoms with Gasteiger partial charge in [0.25, 0.3) is 0 Å². The fourth-order valence-electron chi connectivity index (χ4n) is 0.626. The molecule has 0 radical (unpaired) electrons. The van der Waals surface area contributed by atoms with E-state index in [1.165, 1.54) is 0 Å². The summed E-state index contributed by atoms with van der Waals surface area (Å²) in [4.78, 5) is 0. The molecule has 0 saturated heterocycles. The van der Waals surface area contributed by atoms with Gasteiger partial charge in [0, 0.05) is 26.8 Å². The first kappa shape index (κ1) is 5.59. The third-order valence-electron chi connectivity index (χ3n) is 1.05. The highest BCUT2D eigenvalue weighted by Gasteiger charge is 2.02. The maximum absolute atomic E-state index is 3.10. The zero-order valence-electron chi connectivity index (χ0n) is 5.26. The van der Waals surface area contributed by atoms with Crippen molar-refractivity contribution in [2.45, 2.75) is 0 Å². The Hall–Kier alpha value is -0.540. The molecule has 1 heterocycles. The highest BCUT2D eigenvalue weighted by atomic mass is 15.8. The van der Waals surface area contributed by atoms with E-state index in [9.17, 15) is 0 Å². The number of nitrogens with one attached hydrogen (secondary N) is 1. The molecular formula is C5H11N3. The lowest BCUT2D eigenvalue weighted by Crippen LogP contribution is -2.39. The van der Waals surface area contributed by atoms with Crippen molar-refractivity contribution in [3.05, 3.63) is 12.3 Å². The topological polar surface area (TPSA) is 18.5 Å². The van der Waals surface area contributed by atoms with Gasteiger partial charge >= 0.3 is 0 Å². The molecule has 0 spiro atoms. The molecule has 0 aliphatic carbocycles. The minimum absolute atomic E-state index is 0.943. The Labute approximate surface area is 49.5 Å². The smallest absolute Gasteiger partial charge is 0.0363 e. The molecule has 0 fully saturated rings. The molecule has 3 heteroatoms. The van der Waals surface area contributed by atoms with Gasteiger partial charge in [-0.15, -0.1) is 0 Å². The number of hydrogen-bond donors (Lipinski definition) is 1. The van der Waals surface area contributed by atoms with Crippen LogP contribution < -0.4 is 5.43 Å². The van der Waals surface area contributed by atoms with Crippen molar-refractivity contribution in [1.29, 1.82) is 0 Å². The van der Waals surface area contributed by atoms with Crippen LogP contribution in [0.25, 0.3) is 0 Å². The van der Waals surface area contributed by atoms with E-state index < -0.39 is 0 Å². The largest absolute Gasteiger partial charge is 0.247 e. The number of rotatable bonds is 1. The predicted octanol–water partition coefficient (Wildman–Crippen LogP) is -0.203. The van der Waals surface area contributed by atoms with Gasteiger partial charge in [-0.25, -0.2) is 15.6 Å². The summed E-state index contributed by atoms with van der Waals surface area (Å²) < 4.78 is 0. The summed E-state index contributed by atoms with van der Waals surface area (Å²) in [5.41, 5.74) is 3.10. The molecular weight excluding hydrogens is 102 g/mol. The number of hydrazine groups is 2. The highest BCUT2D eigenvalue weighted by Crippen LogP contribution is 1.92. The lowest BCUT2D eigenvalue weighted by molar-refractivity contribution is 0.0420. The monoisotopic (exact) mass is 113 g/mol. The molecule has 0 aromatic rings. The summed E-state index contributed by atoms with van der Waals surface area (Å²) >= 11 is 0. The van der Waals surface area contributed by atoms with Crippen LogP contribution in [0.1, 0.15) is 0 Å². The van der Waals surface area contributed by atoms with Crippen LogP contribution in [0.2, 0.25) is 0 Å². The summed E-state index contributed by atoms with van der Waals surface area (Å²) in [7, 11) is 3.98. The summed E-state index contributed by atoms with van der Waals surface area (Å²) in [5.74, 6) is 0. The minimum atomic E-state index is 0.943. The van der Waals surface area contributed by atoms with Crippen molar-refractivity contribution in [1.82, 2.24) is 15.6 Å². The lowest BCUT2D eigenvalue weighted by Gasteiger charge is -2.22. The summed E-state index contributed by atoms with van der Waals surface area (Å²) in [6, 6.07) is 0. The van der Waals surface area contributed by atoms with Crippen molar-refractivity contribution >= 4 is 0 Å². The Kier molecular flexibility index (Phi) is 1.50. The second kappa shape index (κ2) is 2.15. The minimum Gasteiger partial charge on any atom is -0.247 e. The van der Waals surface area contributed by atoms with Gasteiger partial charge in [-0.2, -0.15) is 0 Å². The molecule has 0 saturated carbocycles. The molecule has 0 bridgehead atoms. The van der Waals surface area contributed by atoms with E-state index in [4.69, 9.17) is 0 Å². The molecule has 1 aliphatic rings. The molecule has 1 rings (SSSR count). The van der Waals surface area contributed by atoms with Gasteiger partial charge in [0.1, 0.15) is 0 Å². The molecule has 46 valence electrons. The van der Waals surface area contributed by atoms with Crippen LogP contribution >= 0.6 is 0 Å². The van der Waals surface area contributed by atoms with Crippen LogP contribution in [0.15, 0.2) is 12.3 Å². The Morgan fingerprint density at radius 1 is 1.62 bits per heavy atom. The third kappa shape index (κ3) is 0.993. The van der Waals surface area contributed by atoms with Gasteiger partial charge in [0.15, 0.2) is 0 Å². The molecule has 0 amide bonds. The average molecular weight is 113 g/mol. The number of hydrogen-bond acceptors (Lipinski definition) is 3. The molecule has 0 unspecified atom stereocenters. The molecule has 0 aromatic heterocycles. The maximum atomic E-state index is 3.10. The molecule has 1 N–H and O–H groups in total. The van der Waals surface area contributed by atoms with Crippen molar-refractivity contribution in [2.24, 2.45) is 0 Å². The van der Waals surface area contributed by atoms with E-state index in [1.54, 1.807) is 0 Å². The highest BCUT2D eigenvalue weighted by molar-refractivity contribution is 4.87. The summed E-state index contributed by atoms with van der Waals surface area (Å²) in [5, 5.41) is 3.91. The first-order chi connectivity index (χ1) is 3.80. The van der Waals surface area contributed by atoms with Gasteiger partial charge in [-0.1, -0.05) is 0 Å². The van der Waals surface area contributed by atoms with E-state index in [0.717, 1.165) is 6.54 Å². The second-order valence-electron chi connectivity index (χ2n) is 1.94. The van der Waals surface area contributed by atoms with Crippen LogP contribution in [0.3, 0.4) is 0 Å². The van der Waals surface area contributed by atoms with Crippen LogP contribution in [-0.2, 0) is 0 Å². The normalized spacial score (nSPS) is 18.6. The average Bonchev–Trinajstić information content (AvgIpc) is 2.12. The predicted molar refractivity (Wildman–Crippen MR) is 32.7 cm³/mol. The van der Waals surface area contributed by atoms with Crippen molar-refractivity contribution in [2.75, 3.05) is 20.6 Å². The Morgan fingerprint density at radius 2 is 2.38 bits per heavy atom. The van der Waals surface area contributed by atoms with Crippen molar-refractivity contribution < 1.29 is 0 Å². The second-order valence-corrected chi connectivity index (χ2v) is 1.94. The molecule has 3 nitrogen and oxygen atoms in total. The van der Waals surface area contributed by atoms with Gasteiger partial charge in [-0.3, -0.25) is 0 Å². The third-order valence-corrected chi connectivity index (χ3v) is 1.05. The fourth-order valence-corrected chi connectivity index (χ4v) is 0.626. The van der Waals surface area contributed by atoms with Crippen LogP contribution in [0.4, 0.5) is 0 Å². The fraction of sp³-hybridized carbons (Fsp3) is 0.600. The summed E-state index contributed by atoms with van der Waals surface area (Å²) in [6.45, 7) is 0.943.